The van der Waals surface area contributed by atoms with Crippen molar-refractivity contribution in [2.24, 2.45) is 0 Å². The molecule has 1 aliphatic heterocycles. The van der Waals surface area contributed by atoms with Crippen LogP contribution in [0.2, 0.25) is 0 Å². The highest BCUT2D eigenvalue weighted by Crippen LogP contribution is 2.33. The summed E-state index contributed by atoms with van der Waals surface area (Å²) in [4.78, 5) is 7.03. The van der Waals surface area contributed by atoms with Crippen molar-refractivity contribution in [1.29, 1.82) is 0 Å². The van der Waals surface area contributed by atoms with Gasteiger partial charge in [0.2, 0.25) is 0 Å². The minimum atomic E-state index is -2.24. The Balaban J connectivity index is 1.68. The summed E-state index contributed by atoms with van der Waals surface area (Å²) in [6, 6.07) is 19.8. The maximum atomic E-state index is 12.4. The van der Waals surface area contributed by atoms with Crippen LogP contribution in [0.1, 0.15) is 24.8 Å². The van der Waals surface area contributed by atoms with Gasteiger partial charge in [0.25, 0.3) is 11.3 Å². The van der Waals surface area contributed by atoms with Crippen LogP contribution in [0.5, 0.6) is 0 Å². The van der Waals surface area contributed by atoms with Gasteiger partial charge in [-0.25, -0.2) is 13.2 Å². The lowest BCUT2D eigenvalue weighted by Crippen LogP contribution is -2.27. The molecule has 0 aliphatic carbocycles. The average molecular weight is 418 g/mol. The predicted molar refractivity (Wildman–Crippen MR) is 123 cm³/mol. The van der Waals surface area contributed by atoms with Gasteiger partial charge in [0, 0.05) is 24.4 Å². The Labute approximate surface area is 178 Å². The van der Waals surface area contributed by atoms with Crippen molar-refractivity contribution in [3.05, 3.63) is 72.8 Å². The Bertz CT molecular complexity index is 1280. The molecule has 1 fully saturated rings. The molecule has 1 aliphatic rings. The summed E-state index contributed by atoms with van der Waals surface area (Å²) in [5.74, 6) is 0.489. The molecular weight excluding hydrogens is 394 g/mol. The van der Waals surface area contributed by atoms with Gasteiger partial charge in [0.1, 0.15) is 0 Å². The van der Waals surface area contributed by atoms with Crippen molar-refractivity contribution in [2.45, 2.75) is 19.3 Å². The second-order valence-electron chi connectivity index (χ2n) is 7.69. The quantitative estimate of drug-likeness (QED) is 0.458. The Morgan fingerprint density at radius 2 is 1.77 bits per heavy atom. The molecule has 0 amide bonds. The van der Waals surface area contributed by atoms with E-state index in [4.69, 9.17) is 4.98 Å². The van der Waals surface area contributed by atoms with Gasteiger partial charge in [-0.15, -0.1) is 0 Å². The molecule has 1 N–H and O–H groups in total. The van der Waals surface area contributed by atoms with Crippen LogP contribution in [0.4, 0.5) is 0 Å². The van der Waals surface area contributed by atoms with Gasteiger partial charge in [-0.2, -0.15) is 0 Å². The molecule has 1 unspecified atom stereocenters. The van der Waals surface area contributed by atoms with E-state index in [9.17, 15) is 8.76 Å². The first-order valence-corrected chi connectivity index (χ1v) is 11.3. The van der Waals surface area contributed by atoms with Crippen LogP contribution in [0, 0.1) is 0 Å². The fraction of sp³-hybridized carbons (Fsp3) is 0.208. The molecule has 0 bridgehead atoms. The van der Waals surface area contributed by atoms with Crippen molar-refractivity contribution < 1.29 is 8.76 Å². The summed E-state index contributed by atoms with van der Waals surface area (Å²) >= 11 is -2.24. The third kappa shape index (κ3) is 3.22. The largest absolute Gasteiger partial charge is 0.372 e. The van der Waals surface area contributed by atoms with Gasteiger partial charge in [-0.3, -0.25) is 4.55 Å². The van der Waals surface area contributed by atoms with E-state index in [-0.39, 0.29) is 0 Å². The smallest absolute Gasteiger partial charge is 0.267 e. The van der Waals surface area contributed by atoms with Crippen LogP contribution in [0.15, 0.2) is 67.2 Å². The van der Waals surface area contributed by atoms with Crippen LogP contribution >= 0.6 is 0 Å². The molecule has 3 aromatic carbocycles. The third-order valence-corrected chi connectivity index (χ3v) is 6.55. The molecule has 1 saturated heterocycles. The molecule has 1 atom stereocenters. The summed E-state index contributed by atoms with van der Waals surface area (Å²) < 4.78 is 24.0. The fourth-order valence-corrected chi connectivity index (χ4v) is 4.93. The number of hydrogen-bond donors (Lipinski definition) is 1. The van der Waals surface area contributed by atoms with Crippen molar-refractivity contribution >= 4 is 38.8 Å². The molecule has 6 heteroatoms. The lowest BCUT2D eigenvalue weighted by molar-refractivity contribution is 0.326. The number of nitrogens with zero attached hydrogens (tertiary/aromatic N) is 3. The summed E-state index contributed by atoms with van der Waals surface area (Å²) in [7, 11) is 0. The number of benzene rings is 3. The van der Waals surface area contributed by atoms with E-state index in [0.29, 0.717) is 16.9 Å². The topological polar surface area (TPSA) is 58.4 Å². The van der Waals surface area contributed by atoms with E-state index < -0.39 is 11.3 Å². The first-order valence-electron chi connectivity index (χ1n) is 10.2. The predicted octanol–water partition coefficient (Wildman–Crippen LogP) is 5.30. The number of imidazole rings is 1. The van der Waals surface area contributed by atoms with Crippen molar-refractivity contribution in [2.75, 3.05) is 13.1 Å². The van der Waals surface area contributed by atoms with E-state index in [1.54, 1.807) is 0 Å². The molecule has 152 valence electrons. The lowest BCUT2D eigenvalue weighted by Gasteiger charge is -2.30. The highest BCUT2D eigenvalue weighted by Gasteiger charge is 2.20. The summed E-state index contributed by atoms with van der Waals surface area (Å²) in [6.45, 7) is 6.30. The maximum Gasteiger partial charge on any atom is 0.267 e. The minimum absolute atomic E-state index is 0.489. The van der Waals surface area contributed by atoms with Crippen molar-refractivity contribution in [3.63, 3.8) is 0 Å². The standard InChI is InChI=1S/C24H23N3O2S/c1-17(26-14-5-2-6-15-26)19-12-13-22-23(16-19)27(30(28)29)24(25-22)21-11-7-9-18-8-3-4-10-20(18)21/h3-4,7-13,16H,1-2,5-6,14-15H2,(H,28,29). The first kappa shape index (κ1) is 19.0. The van der Waals surface area contributed by atoms with Gasteiger partial charge < -0.3 is 4.90 Å². The van der Waals surface area contributed by atoms with Crippen LogP contribution in [-0.2, 0) is 11.3 Å². The number of aromatic nitrogens is 2. The van der Waals surface area contributed by atoms with Gasteiger partial charge in [0.15, 0.2) is 5.82 Å². The molecule has 0 radical (unpaired) electrons. The number of piperidine rings is 1. The second-order valence-corrected chi connectivity index (χ2v) is 8.51. The summed E-state index contributed by atoms with van der Waals surface area (Å²) in [5.41, 5.74) is 4.08. The lowest BCUT2D eigenvalue weighted by atomic mass is 10.0. The Morgan fingerprint density at radius 1 is 1.00 bits per heavy atom. The SMILES string of the molecule is C=C(c1ccc2nc(-c3cccc4ccccc34)n(S(=O)O)c2c1)N1CCCCC1. The van der Waals surface area contributed by atoms with E-state index in [1.807, 2.05) is 60.7 Å². The van der Waals surface area contributed by atoms with Crippen molar-refractivity contribution in [3.8, 4) is 11.4 Å². The zero-order chi connectivity index (χ0) is 20.7. The molecule has 5 nitrogen and oxygen atoms in total. The van der Waals surface area contributed by atoms with E-state index in [0.717, 1.165) is 40.7 Å². The third-order valence-electron chi connectivity index (χ3n) is 5.87. The maximum absolute atomic E-state index is 12.4. The molecule has 0 saturated carbocycles. The number of fused-ring (bicyclic) bond motifs is 2. The van der Waals surface area contributed by atoms with Gasteiger partial charge >= 0.3 is 0 Å². The molecule has 30 heavy (non-hydrogen) atoms. The number of hydrogen-bond acceptors (Lipinski definition) is 3. The van der Waals surface area contributed by atoms with Crippen LogP contribution < -0.4 is 0 Å². The molecular formula is C24H23N3O2S. The van der Waals surface area contributed by atoms with Gasteiger partial charge in [-0.1, -0.05) is 55.1 Å². The first-order chi connectivity index (χ1) is 14.6. The molecule has 0 spiro atoms. The van der Waals surface area contributed by atoms with Crippen molar-refractivity contribution in [1.82, 2.24) is 13.9 Å². The van der Waals surface area contributed by atoms with Crippen LogP contribution in [0.25, 0.3) is 38.9 Å². The van der Waals surface area contributed by atoms with Crippen LogP contribution in [-0.4, -0.2) is 35.7 Å². The van der Waals surface area contributed by atoms with Crippen LogP contribution in [0.3, 0.4) is 0 Å². The Hall–Kier alpha value is -2.96. The molecule has 5 rings (SSSR count). The molecule has 4 aromatic rings. The molecule has 2 heterocycles. The second kappa shape index (κ2) is 7.70. The zero-order valence-corrected chi connectivity index (χ0v) is 17.4. The van der Waals surface area contributed by atoms with Gasteiger partial charge in [0.05, 0.1) is 11.0 Å². The summed E-state index contributed by atoms with van der Waals surface area (Å²) in [5, 5.41) is 2.07. The zero-order valence-electron chi connectivity index (χ0n) is 16.6. The highest BCUT2D eigenvalue weighted by atomic mass is 32.2. The summed E-state index contributed by atoms with van der Waals surface area (Å²) in [6.07, 6.45) is 3.60. The van der Waals surface area contributed by atoms with E-state index in [1.165, 1.54) is 23.2 Å². The van der Waals surface area contributed by atoms with E-state index >= 15 is 0 Å². The van der Waals surface area contributed by atoms with Gasteiger partial charge in [-0.05, 0) is 47.7 Å². The number of likely N-dealkylation sites (tertiary alicyclic amines) is 1. The minimum Gasteiger partial charge on any atom is -0.372 e. The fourth-order valence-electron chi connectivity index (χ4n) is 4.33. The normalized spacial score (nSPS) is 15.6. The number of rotatable bonds is 4. The average Bonchev–Trinajstić information content (AvgIpc) is 3.17. The highest BCUT2D eigenvalue weighted by molar-refractivity contribution is 7.77. The molecule has 1 aromatic heterocycles. The van der Waals surface area contributed by atoms with E-state index in [2.05, 4.69) is 11.5 Å². The Morgan fingerprint density at radius 3 is 2.57 bits per heavy atom. The monoisotopic (exact) mass is 417 g/mol. The Kier molecular flexibility index (Phi) is 4.89.